The van der Waals surface area contributed by atoms with Crippen LogP contribution in [-0.4, -0.2) is 46.1 Å². The average molecular weight is 356 g/mol. The standard InChI is InChI=1S/C18H20N4O2S/c1-2-10-22(11-3-1)12-13-23-14-4-6-15(7-5-14)24-18-21-16-17(25-18)20-9-8-19-16/h4-9H,1-3,10-13H2. The summed E-state index contributed by atoms with van der Waals surface area (Å²) in [6.45, 7) is 4.10. The summed E-state index contributed by atoms with van der Waals surface area (Å²) >= 11 is 1.38. The minimum absolute atomic E-state index is 0.542. The molecular weight excluding hydrogens is 336 g/mol. The van der Waals surface area contributed by atoms with E-state index in [0.29, 0.717) is 10.8 Å². The molecule has 0 amide bonds. The molecule has 0 saturated carbocycles. The summed E-state index contributed by atoms with van der Waals surface area (Å²) < 4.78 is 11.6. The van der Waals surface area contributed by atoms with Gasteiger partial charge in [0.15, 0.2) is 10.5 Å². The minimum atomic E-state index is 0.542. The van der Waals surface area contributed by atoms with Gasteiger partial charge >= 0.3 is 0 Å². The fourth-order valence-electron chi connectivity index (χ4n) is 2.88. The van der Waals surface area contributed by atoms with Crippen LogP contribution in [0.5, 0.6) is 16.7 Å². The fourth-order valence-corrected chi connectivity index (χ4v) is 3.62. The Morgan fingerprint density at radius 2 is 1.72 bits per heavy atom. The molecule has 0 unspecified atom stereocenters. The number of benzene rings is 1. The fraction of sp³-hybridized carbons (Fsp3) is 0.389. The van der Waals surface area contributed by atoms with E-state index < -0.39 is 0 Å². The summed E-state index contributed by atoms with van der Waals surface area (Å²) in [6.07, 6.45) is 7.26. The molecule has 0 atom stereocenters. The Morgan fingerprint density at radius 3 is 2.52 bits per heavy atom. The lowest BCUT2D eigenvalue weighted by molar-refractivity contribution is 0.183. The van der Waals surface area contributed by atoms with Crippen molar-refractivity contribution < 1.29 is 9.47 Å². The lowest BCUT2D eigenvalue weighted by atomic mass is 10.1. The topological polar surface area (TPSA) is 60.4 Å². The van der Waals surface area contributed by atoms with E-state index in [1.165, 1.54) is 43.7 Å². The number of thiazole rings is 1. The zero-order valence-electron chi connectivity index (χ0n) is 13.9. The Hall–Kier alpha value is -2.25. The van der Waals surface area contributed by atoms with Gasteiger partial charge in [0.05, 0.1) is 0 Å². The molecular formula is C18H20N4O2S. The van der Waals surface area contributed by atoms with Crippen LogP contribution < -0.4 is 9.47 Å². The zero-order chi connectivity index (χ0) is 16.9. The summed E-state index contributed by atoms with van der Waals surface area (Å²) in [5.41, 5.74) is 0.611. The van der Waals surface area contributed by atoms with Crippen molar-refractivity contribution in [2.24, 2.45) is 0 Å². The van der Waals surface area contributed by atoms with Crippen molar-refractivity contribution in [1.29, 1.82) is 0 Å². The van der Waals surface area contributed by atoms with Crippen LogP contribution in [0.1, 0.15) is 19.3 Å². The molecule has 4 rings (SSSR count). The van der Waals surface area contributed by atoms with Crippen molar-refractivity contribution >= 4 is 21.8 Å². The Kier molecular flexibility index (Phi) is 5.03. The highest BCUT2D eigenvalue weighted by molar-refractivity contribution is 7.19. The molecule has 3 aromatic rings. The number of hydrogen-bond donors (Lipinski definition) is 0. The summed E-state index contributed by atoms with van der Waals surface area (Å²) in [4.78, 5) is 15.9. The SMILES string of the molecule is c1cnc2sc(Oc3ccc(OCCN4CCCCC4)cc3)nc2n1. The van der Waals surface area contributed by atoms with Crippen LogP contribution in [-0.2, 0) is 0 Å². The monoisotopic (exact) mass is 356 g/mol. The highest BCUT2D eigenvalue weighted by atomic mass is 32.1. The van der Waals surface area contributed by atoms with Crippen molar-refractivity contribution in [3.8, 4) is 16.7 Å². The van der Waals surface area contributed by atoms with Crippen LogP contribution in [0.25, 0.3) is 10.5 Å². The molecule has 2 aromatic heterocycles. The average Bonchev–Trinajstić information content (AvgIpc) is 3.06. The molecule has 1 saturated heterocycles. The number of fused-ring (bicyclic) bond motifs is 1. The third kappa shape index (κ3) is 4.24. The minimum Gasteiger partial charge on any atom is -0.492 e. The van der Waals surface area contributed by atoms with Gasteiger partial charge < -0.3 is 9.47 Å². The first-order chi connectivity index (χ1) is 12.4. The van der Waals surface area contributed by atoms with Gasteiger partial charge in [0.25, 0.3) is 5.19 Å². The molecule has 3 heterocycles. The Labute approximate surface area is 150 Å². The molecule has 6 nitrogen and oxygen atoms in total. The van der Waals surface area contributed by atoms with E-state index in [-0.39, 0.29) is 0 Å². The highest BCUT2D eigenvalue weighted by Gasteiger charge is 2.10. The van der Waals surface area contributed by atoms with Gasteiger partial charge in [0.1, 0.15) is 18.1 Å². The Bertz CT molecular complexity index is 782. The number of rotatable bonds is 6. The van der Waals surface area contributed by atoms with E-state index >= 15 is 0 Å². The molecule has 25 heavy (non-hydrogen) atoms. The van der Waals surface area contributed by atoms with Crippen molar-refractivity contribution in [1.82, 2.24) is 19.9 Å². The quantitative estimate of drug-likeness (QED) is 0.670. The number of ether oxygens (including phenoxy) is 2. The van der Waals surface area contributed by atoms with Gasteiger partial charge in [-0.15, -0.1) is 0 Å². The summed E-state index contributed by atoms with van der Waals surface area (Å²) in [5, 5.41) is 0.542. The van der Waals surface area contributed by atoms with Crippen molar-refractivity contribution in [2.45, 2.75) is 19.3 Å². The third-order valence-corrected chi connectivity index (χ3v) is 5.01. The number of likely N-dealkylation sites (tertiary alicyclic amines) is 1. The number of hydrogen-bond acceptors (Lipinski definition) is 7. The largest absolute Gasteiger partial charge is 0.492 e. The molecule has 1 fully saturated rings. The molecule has 1 aliphatic rings. The molecule has 0 bridgehead atoms. The van der Waals surface area contributed by atoms with E-state index in [1.54, 1.807) is 12.4 Å². The summed E-state index contributed by atoms with van der Waals surface area (Å²) in [6, 6.07) is 7.64. The van der Waals surface area contributed by atoms with Gasteiger partial charge in [0.2, 0.25) is 0 Å². The third-order valence-electron chi connectivity index (χ3n) is 4.18. The van der Waals surface area contributed by atoms with Crippen molar-refractivity contribution in [2.75, 3.05) is 26.2 Å². The lowest BCUT2D eigenvalue weighted by Gasteiger charge is -2.26. The lowest BCUT2D eigenvalue weighted by Crippen LogP contribution is -2.33. The second-order valence-corrected chi connectivity index (χ2v) is 6.93. The molecule has 130 valence electrons. The Balaban J connectivity index is 1.30. The van der Waals surface area contributed by atoms with Gasteiger partial charge in [-0.3, -0.25) is 4.90 Å². The first-order valence-electron chi connectivity index (χ1n) is 8.57. The summed E-state index contributed by atoms with van der Waals surface area (Å²) in [7, 11) is 0. The normalized spacial score (nSPS) is 15.4. The van der Waals surface area contributed by atoms with Crippen LogP contribution in [0.15, 0.2) is 36.7 Å². The van der Waals surface area contributed by atoms with Gasteiger partial charge in [-0.05, 0) is 50.2 Å². The van der Waals surface area contributed by atoms with E-state index in [9.17, 15) is 0 Å². The van der Waals surface area contributed by atoms with Crippen LogP contribution in [0.2, 0.25) is 0 Å². The maximum Gasteiger partial charge on any atom is 0.282 e. The van der Waals surface area contributed by atoms with Crippen molar-refractivity contribution in [3.63, 3.8) is 0 Å². The molecule has 0 aliphatic carbocycles. The van der Waals surface area contributed by atoms with E-state index in [0.717, 1.165) is 29.5 Å². The predicted molar refractivity (Wildman–Crippen MR) is 97.5 cm³/mol. The van der Waals surface area contributed by atoms with Gasteiger partial charge in [-0.2, -0.15) is 4.98 Å². The maximum atomic E-state index is 5.83. The molecule has 0 spiro atoms. The van der Waals surface area contributed by atoms with Crippen LogP contribution in [0, 0.1) is 0 Å². The first kappa shape index (κ1) is 16.2. The molecule has 1 aliphatic heterocycles. The van der Waals surface area contributed by atoms with Crippen LogP contribution >= 0.6 is 11.3 Å². The molecule has 1 aromatic carbocycles. The number of piperidine rings is 1. The number of aromatic nitrogens is 3. The van der Waals surface area contributed by atoms with Gasteiger partial charge in [-0.25, -0.2) is 9.97 Å². The van der Waals surface area contributed by atoms with E-state index in [4.69, 9.17) is 9.47 Å². The highest BCUT2D eigenvalue weighted by Crippen LogP contribution is 2.29. The molecule has 0 radical (unpaired) electrons. The smallest absolute Gasteiger partial charge is 0.282 e. The van der Waals surface area contributed by atoms with E-state index in [1.807, 2.05) is 24.3 Å². The first-order valence-corrected chi connectivity index (χ1v) is 9.39. The molecule has 7 heteroatoms. The second-order valence-electron chi connectivity index (χ2n) is 5.99. The zero-order valence-corrected chi connectivity index (χ0v) is 14.7. The van der Waals surface area contributed by atoms with Gasteiger partial charge in [0, 0.05) is 18.9 Å². The van der Waals surface area contributed by atoms with Crippen molar-refractivity contribution in [3.05, 3.63) is 36.7 Å². The van der Waals surface area contributed by atoms with Crippen LogP contribution in [0.4, 0.5) is 0 Å². The molecule has 0 N–H and O–H groups in total. The summed E-state index contributed by atoms with van der Waals surface area (Å²) in [5.74, 6) is 1.58. The van der Waals surface area contributed by atoms with Crippen LogP contribution in [0.3, 0.4) is 0 Å². The Morgan fingerprint density at radius 1 is 0.960 bits per heavy atom. The predicted octanol–water partition coefficient (Wildman–Crippen LogP) is 3.74. The van der Waals surface area contributed by atoms with Gasteiger partial charge in [-0.1, -0.05) is 17.8 Å². The second kappa shape index (κ2) is 7.76. The number of nitrogens with zero attached hydrogens (tertiary/aromatic N) is 4. The van der Waals surface area contributed by atoms with E-state index in [2.05, 4.69) is 19.9 Å². The maximum absolute atomic E-state index is 5.83.